The van der Waals surface area contributed by atoms with Crippen molar-refractivity contribution in [3.63, 3.8) is 0 Å². The molecule has 0 saturated carbocycles. The van der Waals surface area contributed by atoms with Crippen LogP contribution in [-0.2, 0) is 4.74 Å². The van der Waals surface area contributed by atoms with Crippen molar-refractivity contribution in [2.45, 2.75) is 19.1 Å². The average molecular weight is 328 g/mol. The number of nitrogens with zero attached hydrogens (tertiary/aromatic N) is 1. The van der Waals surface area contributed by atoms with E-state index in [-0.39, 0.29) is 18.1 Å². The highest BCUT2D eigenvalue weighted by atomic mass is 35.5. The van der Waals surface area contributed by atoms with Crippen LogP contribution in [0.15, 0.2) is 30.6 Å². The van der Waals surface area contributed by atoms with Gasteiger partial charge in [-0.2, -0.15) is 5.10 Å². The van der Waals surface area contributed by atoms with Gasteiger partial charge in [0.05, 0.1) is 17.8 Å². The van der Waals surface area contributed by atoms with Crippen LogP contribution in [0, 0.1) is 0 Å². The number of H-pyrrole nitrogens is 1. The minimum absolute atomic E-state index is 0.233. The molecule has 1 aromatic carbocycles. The summed E-state index contributed by atoms with van der Waals surface area (Å²) in [7, 11) is 1.57. The van der Waals surface area contributed by atoms with E-state index in [9.17, 15) is 4.79 Å². The van der Waals surface area contributed by atoms with E-state index in [4.69, 9.17) is 27.9 Å². The first kappa shape index (κ1) is 15.8. The third-order valence-electron chi connectivity index (χ3n) is 3.10. The Morgan fingerprint density at radius 2 is 2.19 bits per heavy atom. The van der Waals surface area contributed by atoms with Crippen molar-refractivity contribution in [3.8, 4) is 0 Å². The highest BCUT2D eigenvalue weighted by Gasteiger charge is 2.23. The molecule has 2 N–H and O–H groups in total. The van der Waals surface area contributed by atoms with Gasteiger partial charge in [-0.05, 0) is 19.1 Å². The van der Waals surface area contributed by atoms with Crippen molar-refractivity contribution in [2.24, 2.45) is 0 Å². The van der Waals surface area contributed by atoms with Crippen molar-refractivity contribution < 1.29 is 9.53 Å². The highest BCUT2D eigenvalue weighted by Crippen LogP contribution is 2.30. The van der Waals surface area contributed by atoms with E-state index in [0.717, 1.165) is 5.56 Å². The number of rotatable bonds is 5. The Morgan fingerprint density at radius 1 is 1.43 bits per heavy atom. The highest BCUT2D eigenvalue weighted by molar-refractivity contribution is 6.35. The SMILES string of the molecule is COC(c1ccc(Cl)cc1Cl)C(C)NC(=O)c1cn[nH]c1. The van der Waals surface area contributed by atoms with Gasteiger partial charge in [-0.1, -0.05) is 29.3 Å². The van der Waals surface area contributed by atoms with Crippen LogP contribution < -0.4 is 5.32 Å². The molecule has 21 heavy (non-hydrogen) atoms. The first-order valence-corrected chi connectivity index (χ1v) is 7.06. The van der Waals surface area contributed by atoms with Crippen LogP contribution >= 0.6 is 23.2 Å². The summed E-state index contributed by atoms with van der Waals surface area (Å²) in [4.78, 5) is 12.0. The van der Waals surface area contributed by atoms with Crippen LogP contribution in [0.5, 0.6) is 0 Å². The number of benzene rings is 1. The van der Waals surface area contributed by atoms with Gasteiger partial charge in [0.15, 0.2) is 0 Å². The smallest absolute Gasteiger partial charge is 0.254 e. The minimum Gasteiger partial charge on any atom is -0.375 e. The fourth-order valence-corrected chi connectivity index (χ4v) is 2.59. The number of aromatic nitrogens is 2. The van der Waals surface area contributed by atoms with E-state index in [1.54, 1.807) is 25.3 Å². The maximum absolute atomic E-state index is 12.0. The number of methoxy groups -OCH3 is 1. The number of ether oxygens (including phenoxy) is 1. The molecular formula is C14H15Cl2N3O2. The standard InChI is InChI=1S/C14H15Cl2N3O2/c1-8(19-14(20)9-6-17-18-7-9)13(21-2)11-4-3-10(15)5-12(11)16/h3-8,13H,1-2H3,(H,17,18)(H,19,20). The molecule has 0 aliphatic rings. The Hall–Kier alpha value is -1.56. The van der Waals surface area contributed by atoms with Crippen LogP contribution in [0.1, 0.15) is 28.9 Å². The number of halogens is 2. The summed E-state index contributed by atoms with van der Waals surface area (Å²) in [6, 6.07) is 4.89. The summed E-state index contributed by atoms with van der Waals surface area (Å²) in [5.41, 5.74) is 1.22. The third kappa shape index (κ3) is 3.75. The van der Waals surface area contributed by atoms with Crippen LogP contribution in [-0.4, -0.2) is 29.3 Å². The monoisotopic (exact) mass is 327 g/mol. The van der Waals surface area contributed by atoms with Gasteiger partial charge in [0.25, 0.3) is 5.91 Å². The molecular weight excluding hydrogens is 313 g/mol. The Morgan fingerprint density at radius 3 is 2.76 bits per heavy atom. The van der Waals surface area contributed by atoms with E-state index in [1.165, 1.54) is 12.4 Å². The summed E-state index contributed by atoms with van der Waals surface area (Å²) in [6.45, 7) is 1.84. The van der Waals surface area contributed by atoms with Gasteiger partial charge in [0.1, 0.15) is 6.10 Å². The van der Waals surface area contributed by atoms with E-state index in [2.05, 4.69) is 15.5 Å². The van der Waals surface area contributed by atoms with Gasteiger partial charge in [-0.25, -0.2) is 0 Å². The summed E-state index contributed by atoms with van der Waals surface area (Å²) >= 11 is 12.1. The van der Waals surface area contributed by atoms with Crippen molar-refractivity contribution in [1.82, 2.24) is 15.5 Å². The summed E-state index contributed by atoms with van der Waals surface area (Å²) in [6.07, 6.45) is 2.60. The summed E-state index contributed by atoms with van der Waals surface area (Å²) < 4.78 is 5.47. The first-order chi connectivity index (χ1) is 10.0. The Labute approximate surface area is 132 Å². The second kappa shape index (κ2) is 6.93. The zero-order valence-corrected chi connectivity index (χ0v) is 13.1. The number of aromatic amines is 1. The molecule has 2 unspecified atom stereocenters. The maximum Gasteiger partial charge on any atom is 0.254 e. The molecule has 5 nitrogen and oxygen atoms in total. The molecule has 0 fully saturated rings. The van der Waals surface area contributed by atoms with Gasteiger partial charge in [-0.3, -0.25) is 9.89 Å². The molecule has 2 rings (SSSR count). The van der Waals surface area contributed by atoms with E-state index in [0.29, 0.717) is 15.6 Å². The van der Waals surface area contributed by atoms with Crippen molar-refractivity contribution in [2.75, 3.05) is 7.11 Å². The zero-order chi connectivity index (χ0) is 15.4. The second-order valence-corrected chi connectivity index (χ2v) is 5.41. The number of amides is 1. The van der Waals surface area contributed by atoms with E-state index >= 15 is 0 Å². The molecule has 2 aromatic rings. The molecule has 1 heterocycles. The lowest BCUT2D eigenvalue weighted by Gasteiger charge is -2.24. The normalized spacial score (nSPS) is 13.7. The van der Waals surface area contributed by atoms with Crippen LogP contribution in [0.2, 0.25) is 10.0 Å². The summed E-state index contributed by atoms with van der Waals surface area (Å²) in [5.74, 6) is -0.233. The van der Waals surface area contributed by atoms with E-state index in [1.807, 2.05) is 6.92 Å². The van der Waals surface area contributed by atoms with Crippen LogP contribution in [0.4, 0.5) is 0 Å². The fourth-order valence-electron chi connectivity index (χ4n) is 2.07. The van der Waals surface area contributed by atoms with E-state index < -0.39 is 0 Å². The molecule has 0 saturated heterocycles. The van der Waals surface area contributed by atoms with Crippen molar-refractivity contribution >= 4 is 29.1 Å². The molecule has 1 aromatic heterocycles. The molecule has 7 heteroatoms. The predicted molar refractivity (Wildman–Crippen MR) is 81.7 cm³/mol. The van der Waals surface area contributed by atoms with Crippen molar-refractivity contribution in [3.05, 3.63) is 51.8 Å². The largest absolute Gasteiger partial charge is 0.375 e. The summed E-state index contributed by atoms with van der Waals surface area (Å²) in [5, 5.41) is 10.2. The molecule has 0 aliphatic carbocycles. The zero-order valence-electron chi connectivity index (χ0n) is 11.6. The molecule has 0 bridgehead atoms. The third-order valence-corrected chi connectivity index (χ3v) is 3.66. The minimum atomic E-state index is -0.384. The Balaban J connectivity index is 2.15. The maximum atomic E-state index is 12.0. The molecule has 0 spiro atoms. The van der Waals surface area contributed by atoms with Gasteiger partial charge >= 0.3 is 0 Å². The van der Waals surface area contributed by atoms with Gasteiger partial charge in [-0.15, -0.1) is 0 Å². The lowest BCUT2D eigenvalue weighted by Crippen LogP contribution is -2.37. The topological polar surface area (TPSA) is 67.0 Å². The Bertz CT molecular complexity index is 617. The van der Waals surface area contributed by atoms with Gasteiger partial charge < -0.3 is 10.1 Å². The molecule has 2 atom stereocenters. The molecule has 0 radical (unpaired) electrons. The number of hydrogen-bond donors (Lipinski definition) is 2. The average Bonchev–Trinajstić information content (AvgIpc) is 2.96. The van der Waals surface area contributed by atoms with Gasteiger partial charge in [0.2, 0.25) is 0 Å². The first-order valence-electron chi connectivity index (χ1n) is 6.30. The molecule has 112 valence electrons. The number of nitrogens with one attached hydrogen (secondary N) is 2. The molecule has 0 aliphatic heterocycles. The van der Waals surface area contributed by atoms with Crippen molar-refractivity contribution in [1.29, 1.82) is 0 Å². The predicted octanol–water partition coefficient (Wildman–Crippen LogP) is 3.22. The lowest BCUT2D eigenvalue weighted by atomic mass is 10.0. The number of carbonyl (C=O) groups excluding carboxylic acids is 1. The Kier molecular flexibility index (Phi) is 5.22. The molecule has 1 amide bonds. The fraction of sp³-hybridized carbons (Fsp3) is 0.286. The van der Waals surface area contributed by atoms with Crippen LogP contribution in [0.25, 0.3) is 0 Å². The number of hydrogen-bond acceptors (Lipinski definition) is 3. The second-order valence-electron chi connectivity index (χ2n) is 4.57. The lowest BCUT2D eigenvalue weighted by molar-refractivity contribution is 0.0645. The van der Waals surface area contributed by atoms with Crippen LogP contribution in [0.3, 0.4) is 0 Å². The van der Waals surface area contributed by atoms with Gasteiger partial charge in [0, 0.05) is 28.9 Å². The quantitative estimate of drug-likeness (QED) is 0.885. The number of carbonyl (C=O) groups is 1.